The van der Waals surface area contributed by atoms with Gasteiger partial charge in [0.2, 0.25) is 11.0 Å². The minimum Gasteiger partial charge on any atom is -0.301 e. The van der Waals surface area contributed by atoms with Crippen molar-refractivity contribution in [2.45, 2.75) is 57.3 Å². The quantitative estimate of drug-likeness (QED) is 0.863. The van der Waals surface area contributed by atoms with Crippen molar-refractivity contribution in [1.82, 2.24) is 10.2 Å². The number of nitrogens with zero attached hydrogens (tertiary/aromatic N) is 2. The van der Waals surface area contributed by atoms with E-state index in [2.05, 4.69) is 34.6 Å². The van der Waals surface area contributed by atoms with E-state index in [1.165, 1.54) is 49.0 Å². The lowest BCUT2D eigenvalue weighted by Crippen LogP contribution is -2.14. The van der Waals surface area contributed by atoms with Gasteiger partial charge in [0.1, 0.15) is 5.01 Å². The fraction of sp³-hybridized carbons (Fsp3) is 0.500. The zero-order chi connectivity index (χ0) is 16.1. The van der Waals surface area contributed by atoms with Gasteiger partial charge in [-0.3, -0.25) is 4.79 Å². The molecular formula is C18H23N3OS. The van der Waals surface area contributed by atoms with Crippen LogP contribution in [0.2, 0.25) is 0 Å². The summed E-state index contributed by atoms with van der Waals surface area (Å²) in [5.41, 5.74) is 1.18. The molecule has 0 bridgehead atoms. The molecule has 2 aromatic rings. The van der Waals surface area contributed by atoms with Crippen molar-refractivity contribution >= 4 is 22.4 Å². The first-order valence-electron chi connectivity index (χ1n) is 8.40. The van der Waals surface area contributed by atoms with E-state index in [4.69, 9.17) is 0 Å². The number of hydrogen-bond donors (Lipinski definition) is 1. The highest BCUT2D eigenvalue weighted by Gasteiger charge is 2.20. The first-order valence-corrected chi connectivity index (χ1v) is 9.22. The molecular weight excluding hydrogens is 306 g/mol. The van der Waals surface area contributed by atoms with E-state index >= 15 is 0 Å². The minimum atomic E-state index is 0.00713. The number of benzene rings is 1. The molecule has 0 unspecified atom stereocenters. The molecule has 0 saturated heterocycles. The zero-order valence-corrected chi connectivity index (χ0v) is 14.3. The van der Waals surface area contributed by atoms with E-state index in [-0.39, 0.29) is 11.8 Å². The topological polar surface area (TPSA) is 54.9 Å². The maximum atomic E-state index is 12.2. The molecule has 1 aliphatic carbocycles. The molecule has 1 saturated carbocycles. The minimum absolute atomic E-state index is 0.00713. The Bertz CT molecular complexity index is 635. The van der Waals surface area contributed by atoms with Crippen LogP contribution in [-0.2, 0) is 4.79 Å². The van der Waals surface area contributed by atoms with E-state index in [1.54, 1.807) is 0 Å². The van der Waals surface area contributed by atoms with Gasteiger partial charge in [-0.2, -0.15) is 0 Å². The third-order valence-electron chi connectivity index (χ3n) is 4.50. The molecule has 0 aliphatic heterocycles. The highest BCUT2D eigenvalue weighted by Crippen LogP contribution is 2.35. The van der Waals surface area contributed by atoms with Crippen molar-refractivity contribution in [3.63, 3.8) is 0 Å². The lowest BCUT2D eigenvalue weighted by Gasteiger charge is -2.18. The summed E-state index contributed by atoms with van der Waals surface area (Å²) in [5, 5.41) is 13.1. The van der Waals surface area contributed by atoms with Crippen LogP contribution in [0.5, 0.6) is 0 Å². The van der Waals surface area contributed by atoms with E-state index < -0.39 is 0 Å². The van der Waals surface area contributed by atoms with E-state index in [1.807, 2.05) is 18.2 Å². The molecule has 1 atom stereocenters. The van der Waals surface area contributed by atoms with E-state index in [9.17, 15) is 4.79 Å². The summed E-state index contributed by atoms with van der Waals surface area (Å²) in [5.74, 6) is 0.741. The first-order chi connectivity index (χ1) is 11.2. The molecule has 5 heteroatoms. The highest BCUT2D eigenvalue weighted by atomic mass is 32.1. The number of hydrogen-bond acceptors (Lipinski definition) is 4. The van der Waals surface area contributed by atoms with Gasteiger partial charge in [-0.25, -0.2) is 0 Å². The van der Waals surface area contributed by atoms with Crippen molar-refractivity contribution in [3.05, 3.63) is 40.9 Å². The van der Waals surface area contributed by atoms with Gasteiger partial charge in [-0.1, -0.05) is 67.9 Å². The van der Waals surface area contributed by atoms with Gasteiger partial charge < -0.3 is 5.32 Å². The molecule has 1 aromatic heterocycles. The average Bonchev–Trinajstić information content (AvgIpc) is 3.04. The van der Waals surface area contributed by atoms with Crippen LogP contribution in [-0.4, -0.2) is 16.1 Å². The monoisotopic (exact) mass is 329 g/mol. The second-order valence-corrected chi connectivity index (χ2v) is 7.35. The molecule has 0 radical (unpaired) electrons. The third kappa shape index (κ3) is 4.38. The Labute approximate surface area is 141 Å². The van der Waals surface area contributed by atoms with Crippen LogP contribution >= 0.6 is 11.3 Å². The molecule has 3 rings (SSSR count). The molecule has 122 valence electrons. The second kappa shape index (κ2) is 7.68. The summed E-state index contributed by atoms with van der Waals surface area (Å²) in [6, 6.07) is 10.1. The highest BCUT2D eigenvalue weighted by molar-refractivity contribution is 7.15. The van der Waals surface area contributed by atoms with Crippen LogP contribution < -0.4 is 5.32 Å². The zero-order valence-electron chi connectivity index (χ0n) is 13.5. The van der Waals surface area contributed by atoms with Crippen LogP contribution in [0.25, 0.3) is 0 Å². The number of rotatable bonds is 5. The molecule has 0 spiro atoms. The summed E-state index contributed by atoms with van der Waals surface area (Å²) in [7, 11) is 0. The Morgan fingerprint density at radius 2 is 1.96 bits per heavy atom. The van der Waals surface area contributed by atoms with Gasteiger partial charge >= 0.3 is 0 Å². The van der Waals surface area contributed by atoms with Crippen molar-refractivity contribution in [2.24, 2.45) is 0 Å². The van der Waals surface area contributed by atoms with Crippen molar-refractivity contribution in [2.75, 3.05) is 5.32 Å². The van der Waals surface area contributed by atoms with Gasteiger partial charge in [-0.15, -0.1) is 10.2 Å². The largest absolute Gasteiger partial charge is 0.301 e. The van der Waals surface area contributed by atoms with Crippen LogP contribution in [0.3, 0.4) is 0 Å². The molecule has 4 nitrogen and oxygen atoms in total. The predicted molar refractivity (Wildman–Crippen MR) is 93.8 cm³/mol. The standard InChI is InChI=1S/C18H23N3OS/c1-13(14-8-4-2-5-9-14)12-16(22)19-18-21-20-17(23-18)15-10-6-3-7-11-15/h2,4-5,8-9,13,15H,3,6-7,10-12H2,1H3,(H,19,21,22)/t13-/m1/s1. The summed E-state index contributed by atoms with van der Waals surface area (Å²) in [6.07, 6.45) is 6.75. The van der Waals surface area contributed by atoms with Gasteiger partial charge in [0.05, 0.1) is 0 Å². The number of nitrogens with one attached hydrogen (secondary N) is 1. The number of anilines is 1. The van der Waals surface area contributed by atoms with Crippen LogP contribution in [0.4, 0.5) is 5.13 Å². The maximum absolute atomic E-state index is 12.2. The van der Waals surface area contributed by atoms with Gasteiger partial charge in [-0.05, 0) is 24.3 Å². The normalized spacial score (nSPS) is 16.9. The maximum Gasteiger partial charge on any atom is 0.226 e. The number of amides is 1. The summed E-state index contributed by atoms with van der Waals surface area (Å²) >= 11 is 1.54. The molecule has 23 heavy (non-hydrogen) atoms. The van der Waals surface area contributed by atoms with Crippen molar-refractivity contribution in [1.29, 1.82) is 0 Å². The SMILES string of the molecule is C[C@H](CC(=O)Nc1nnc(C2CCCCC2)s1)c1ccccc1. The lowest BCUT2D eigenvalue weighted by molar-refractivity contribution is -0.116. The van der Waals surface area contributed by atoms with Gasteiger partial charge in [0.25, 0.3) is 0 Å². The van der Waals surface area contributed by atoms with E-state index in [0.29, 0.717) is 17.5 Å². The molecule has 1 fully saturated rings. The first kappa shape index (κ1) is 16.1. The second-order valence-electron chi connectivity index (χ2n) is 6.34. The summed E-state index contributed by atoms with van der Waals surface area (Å²) < 4.78 is 0. The number of aromatic nitrogens is 2. The van der Waals surface area contributed by atoms with Crippen molar-refractivity contribution in [3.8, 4) is 0 Å². The Hall–Kier alpha value is -1.75. The van der Waals surface area contributed by atoms with Crippen LogP contribution in [0.15, 0.2) is 30.3 Å². The molecule has 1 N–H and O–H groups in total. The van der Waals surface area contributed by atoms with Gasteiger partial charge in [0.15, 0.2) is 0 Å². The Morgan fingerprint density at radius 1 is 1.22 bits per heavy atom. The third-order valence-corrected chi connectivity index (χ3v) is 5.50. The Morgan fingerprint density at radius 3 is 2.70 bits per heavy atom. The predicted octanol–water partition coefficient (Wildman–Crippen LogP) is 4.72. The summed E-state index contributed by atoms with van der Waals surface area (Å²) in [4.78, 5) is 12.2. The Balaban J connectivity index is 1.54. The Kier molecular flexibility index (Phi) is 5.39. The summed E-state index contributed by atoms with van der Waals surface area (Å²) in [6.45, 7) is 2.07. The molecule has 1 heterocycles. The van der Waals surface area contributed by atoms with Crippen LogP contribution in [0, 0.1) is 0 Å². The van der Waals surface area contributed by atoms with E-state index in [0.717, 1.165) is 5.01 Å². The van der Waals surface area contributed by atoms with Crippen molar-refractivity contribution < 1.29 is 4.79 Å². The fourth-order valence-electron chi connectivity index (χ4n) is 3.15. The molecule has 1 aromatic carbocycles. The molecule has 1 aliphatic rings. The lowest BCUT2D eigenvalue weighted by atomic mass is 9.90. The fourth-order valence-corrected chi connectivity index (χ4v) is 4.08. The number of carbonyl (C=O) groups is 1. The number of carbonyl (C=O) groups excluding carboxylic acids is 1. The molecule has 1 amide bonds. The van der Waals surface area contributed by atoms with Crippen LogP contribution in [0.1, 0.15) is 67.9 Å². The average molecular weight is 329 g/mol. The van der Waals surface area contributed by atoms with Gasteiger partial charge in [0, 0.05) is 12.3 Å². The smallest absolute Gasteiger partial charge is 0.226 e.